The van der Waals surface area contributed by atoms with Gasteiger partial charge in [0.05, 0.1) is 6.04 Å². The Labute approximate surface area is 132 Å². The maximum Gasteiger partial charge on any atom is 0.256 e. The molecule has 0 saturated carbocycles. The molecule has 0 radical (unpaired) electrons. The lowest BCUT2D eigenvalue weighted by Crippen LogP contribution is -2.32. The average molecular weight is 298 g/mol. The molecule has 1 unspecified atom stereocenters. The van der Waals surface area contributed by atoms with E-state index in [4.69, 9.17) is 5.73 Å². The lowest BCUT2D eigenvalue weighted by Gasteiger charge is -2.21. The Kier molecular flexibility index (Phi) is 4.57. The molecule has 1 atom stereocenters. The number of rotatable bonds is 3. The molecule has 0 saturated heterocycles. The first kappa shape index (κ1) is 16.5. The Morgan fingerprint density at radius 1 is 0.955 bits per heavy atom. The Bertz CT molecular complexity index is 757. The molecule has 0 amide bonds. The molecule has 2 N–H and O–H groups in total. The average Bonchev–Trinajstić information content (AvgIpc) is 2.40. The predicted octanol–water partition coefficient (Wildman–Crippen LogP) is 3.71. The summed E-state index contributed by atoms with van der Waals surface area (Å²) in [6.45, 7) is 12.1. The zero-order valence-corrected chi connectivity index (χ0v) is 14.4. The lowest BCUT2D eigenvalue weighted by molar-refractivity contribution is 0.553. The first-order valence-corrected chi connectivity index (χ1v) is 7.79. The van der Waals surface area contributed by atoms with Gasteiger partial charge in [-0.05, 0) is 69.9 Å². The van der Waals surface area contributed by atoms with Crippen molar-refractivity contribution in [3.8, 4) is 0 Å². The second-order valence-corrected chi connectivity index (χ2v) is 6.47. The molecule has 3 nitrogen and oxygen atoms in total. The predicted molar refractivity (Wildman–Crippen MR) is 92.5 cm³/mol. The van der Waals surface area contributed by atoms with E-state index in [0.29, 0.717) is 5.56 Å². The number of nitrogens with zero attached hydrogens (tertiary/aromatic N) is 1. The highest BCUT2D eigenvalue weighted by Crippen LogP contribution is 2.23. The second kappa shape index (κ2) is 6.09. The molecular weight excluding hydrogens is 272 g/mol. The highest BCUT2D eigenvalue weighted by atomic mass is 16.1. The summed E-state index contributed by atoms with van der Waals surface area (Å²) in [5.41, 5.74) is 12.5. The fourth-order valence-corrected chi connectivity index (χ4v) is 3.06. The van der Waals surface area contributed by atoms with E-state index in [1.165, 1.54) is 11.1 Å². The van der Waals surface area contributed by atoms with E-state index in [1.54, 1.807) is 0 Å². The summed E-state index contributed by atoms with van der Waals surface area (Å²) in [7, 11) is 0. The molecular formula is C19H26N2O. The van der Waals surface area contributed by atoms with Gasteiger partial charge >= 0.3 is 0 Å². The highest BCUT2D eigenvalue weighted by Gasteiger charge is 2.19. The van der Waals surface area contributed by atoms with Gasteiger partial charge < -0.3 is 10.3 Å². The number of aryl methyl sites for hydroxylation is 4. The van der Waals surface area contributed by atoms with Crippen molar-refractivity contribution in [3.63, 3.8) is 0 Å². The maximum absolute atomic E-state index is 12.9. The standard InChI is InChI=1S/C19H26N2O/c1-11(2)21-15(6)9-14(5)17(19(21)22)18(20)16-8-7-12(3)13(4)10-16/h7-11,18H,20H2,1-6H3. The molecule has 2 rings (SSSR count). The second-order valence-electron chi connectivity index (χ2n) is 6.47. The van der Waals surface area contributed by atoms with Crippen LogP contribution in [0.3, 0.4) is 0 Å². The first-order valence-electron chi connectivity index (χ1n) is 7.79. The summed E-state index contributed by atoms with van der Waals surface area (Å²) in [4.78, 5) is 12.9. The third kappa shape index (κ3) is 2.86. The Balaban J connectivity index is 2.63. The van der Waals surface area contributed by atoms with E-state index in [9.17, 15) is 4.79 Å². The minimum atomic E-state index is -0.391. The van der Waals surface area contributed by atoms with Crippen LogP contribution in [0.5, 0.6) is 0 Å². The molecule has 3 heteroatoms. The van der Waals surface area contributed by atoms with Crippen LogP contribution >= 0.6 is 0 Å². The van der Waals surface area contributed by atoms with Crippen molar-refractivity contribution in [2.75, 3.05) is 0 Å². The molecule has 0 bridgehead atoms. The molecule has 0 fully saturated rings. The van der Waals surface area contributed by atoms with Gasteiger partial charge in [-0.2, -0.15) is 0 Å². The largest absolute Gasteiger partial charge is 0.320 e. The van der Waals surface area contributed by atoms with Crippen LogP contribution in [0.4, 0.5) is 0 Å². The van der Waals surface area contributed by atoms with Gasteiger partial charge in [-0.3, -0.25) is 4.79 Å². The van der Waals surface area contributed by atoms with Crippen LogP contribution in [0.25, 0.3) is 0 Å². The van der Waals surface area contributed by atoms with Gasteiger partial charge in [-0.25, -0.2) is 0 Å². The zero-order valence-electron chi connectivity index (χ0n) is 14.4. The number of hydrogen-bond acceptors (Lipinski definition) is 2. The minimum absolute atomic E-state index is 0.0261. The third-order valence-corrected chi connectivity index (χ3v) is 4.40. The summed E-state index contributed by atoms with van der Waals surface area (Å²) in [6, 6.07) is 7.95. The zero-order chi connectivity index (χ0) is 16.6. The van der Waals surface area contributed by atoms with Crippen molar-refractivity contribution >= 4 is 0 Å². The molecule has 0 aliphatic carbocycles. The van der Waals surface area contributed by atoms with E-state index in [1.807, 2.05) is 38.3 Å². The van der Waals surface area contributed by atoms with E-state index in [0.717, 1.165) is 16.8 Å². The number of pyridine rings is 1. The monoisotopic (exact) mass is 298 g/mol. The van der Waals surface area contributed by atoms with E-state index in [-0.39, 0.29) is 11.6 Å². The number of benzene rings is 1. The maximum atomic E-state index is 12.9. The smallest absolute Gasteiger partial charge is 0.256 e. The molecule has 0 spiro atoms. The molecule has 2 aromatic rings. The summed E-state index contributed by atoms with van der Waals surface area (Å²) < 4.78 is 1.82. The van der Waals surface area contributed by atoms with Crippen LogP contribution in [0, 0.1) is 27.7 Å². The van der Waals surface area contributed by atoms with Crippen molar-refractivity contribution in [1.29, 1.82) is 0 Å². The molecule has 1 heterocycles. The number of aromatic nitrogens is 1. The summed E-state index contributed by atoms with van der Waals surface area (Å²) in [6.07, 6.45) is 0. The highest BCUT2D eigenvalue weighted by molar-refractivity contribution is 5.39. The normalized spacial score (nSPS) is 12.7. The van der Waals surface area contributed by atoms with Gasteiger partial charge in [0.1, 0.15) is 0 Å². The SMILES string of the molecule is Cc1ccc(C(N)c2c(C)cc(C)n(C(C)C)c2=O)cc1C. The molecule has 118 valence electrons. The van der Waals surface area contributed by atoms with Gasteiger partial charge in [-0.1, -0.05) is 18.2 Å². The van der Waals surface area contributed by atoms with Crippen LogP contribution in [0.1, 0.15) is 59.4 Å². The Morgan fingerprint density at radius 3 is 2.14 bits per heavy atom. The lowest BCUT2D eigenvalue weighted by atomic mass is 9.94. The quantitative estimate of drug-likeness (QED) is 0.939. The summed E-state index contributed by atoms with van der Waals surface area (Å²) in [5.74, 6) is 0. The molecule has 1 aromatic heterocycles. The van der Waals surface area contributed by atoms with Crippen LogP contribution in [0.2, 0.25) is 0 Å². The van der Waals surface area contributed by atoms with Gasteiger partial charge in [0.25, 0.3) is 5.56 Å². The van der Waals surface area contributed by atoms with Crippen LogP contribution in [-0.4, -0.2) is 4.57 Å². The molecule has 22 heavy (non-hydrogen) atoms. The van der Waals surface area contributed by atoms with E-state index in [2.05, 4.69) is 32.0 Å². The van der Waals surface area contributed by atoms with Gasteiger partial charge in [0, 0.05) is 17.3 Å². The fraction of sp³-hybridized carbons (Fsp3) is 0.421. The topological polar surface area (TPSA) is 48.0 Å². The Hall–Kier alpha value is -1.87. The number of nitrogens with two attached hydrogens (primary N) is 1. The van der Waals surface area contributed by atoms with Crippen molar-refractivity contribution in [3.05, 3.63) is 68.1 Å². The molecule has 0 aliphatic heterocycles. The summed E-state index contributed by atoms with van der Waals surface area (Å²) >= 11 is 0. The van der Waals surface area contributed by atoms with E-state index < -0.39 is 6.04 Å². The Morgan fingerprint density at radius 2 is 1.59 bits per heavy atom. The van der Waals surface area contributed by atoms with Crippen LogP contribution in [-0.2, 0) is 0 Å². The van der Waals surface area contributed by atoms with Gasteiger partial charge in [0.2, 0.25) is 0 Å². The molecule has 0 aliphatic rings. The van der Waals surface area contributed by atoms with Crippen molar-refractivity contribution in [2.45, 2.75) is 53.6 Å². The minimum Gasteiger partial charge on any atom is -0.320 e. The molecule has 1 aromatic carbocycles. The van der Waals surface area contributed by atoms with Crippen LogP contribution in [0.15, 0.2) is 29.1 Å². The van der Waals surface area contributed by atoms with Crippen molar-refractivity contribution < 1.29 is 0 Å². The van der Waals surface area contributed by atoms with Crippen LogP contribution < -0.4 is 11.3 Å². The number of hydrogen-bond donors (Lipinski definition) is 1. The first-order chi connectivity index (χ1) is 10.2. The van der Waals surface area contributed by atoms with Gasteiger partial charge in [0.15, 0.2) is 0 Å². The fourth-order valence-electron chi connectivity index (χ4n) is 3.06. The van der Waals surface area contributed by atoms with Crippen molar-refractivity contribution in [1.82, 2.24) is 4.57 Å². The summed E-state index contributed by atoms with van der Waals surface area (Å²) in [5, 5.41) is 0. The van der Waals surface area contributed by atoms with Gasteiger partial charge in [-0.15, -0.1) is 0 Å². The van der Waals surface area contributed by atoms with E-state index >= 15 is 0 Å². The third-order valence-electron chi connectivity index (χ3n) is 4.40. The van der Waals surface area contributed by atoms with Crippen molar-refractivity contribution in [2.24, 2.45) is 5.73 Å².